The molecular formula is C15H20ClN3. The summed E-state index contributed by atoms with van der Waals surface area (Å²) in [6, 6.07) is 9.26. The number of fused-ring (bicyclic) bond motifs is 1. The maximum Gasteiger partial charge on any atom is 0.113 e. The van der Waals surface area contributed by atoms with Crippen LogP contribution < -0.4 is 5.32 Å². The highest BCUT2D eigenvalue weighted by Crippen LogP contribution is 2.42. The van der Waals surface area contributed by atoms with Crippen molar-refractivity contribution < 1.29 is 0 Å². The van der Waals surface area contributed by atoms with Crippen LogP contribution in [0.5, 0.6) is 0 Å². The SMILES string of the molecule is Cl.c1ccc2c(c1)nc(C1CC1)n2C1CCNCC1. The molecule has 2 aliphatic rings. The van der Waals surface area contributed by atoms with Crippen molar-refractivity contribution in [3.8, 4) is 0 Å². The molecule has 19 heavy (non-hydrogen) atoms. The highest BCUT2D eigenvalue weighted by molar-refractivity contribution is 5.85. The van der Waals surface area contributed by atoms with Gasteiger partial charge >= 0.3 is 0 Å². The molecular weight excluding hydrogens is 258 g/mol. The van der Waals surface area contributed by atoms with Crippen LogP contribution in [0, 0.1) is 0 Å². The number of aromatic nitrogens is 2. The van der Waals surface area contributed by atoms with Gasteiger partial charge in [-0.2, -0.15) is 0 Å². The van der Waals surface area contributed by atoms with Gasteiger partial charge in [-0.1, -0.05) is 12.1 Å². The third-order valence-corrected chi connectivity index (χ3v) is 4.24. The Balaban J connectivity index is 0.00000110. The van der Waals surface area contributed by atoms with Gasteiger partial charge in [0.2, 0.25) is 0 Å². The zero-order valence-corrected chi connectivity index (χ0v) is 11.8. The molecule has 1 aromatic carbocycles. The molecule has 0 spiro atoms. The zero-order chi connectivity index (χ0) is 11.9. The van der Waals surface area contributed by atoms with Gasteiger partial charge in [0, 0.05) is 12.0 Å². The van der Waals surface area contributed by atoms with Gasteiger partial charge in [0.1, 0.15) is 5.82 Å². The molecule has 4 heteroatoms. The number of imidazole rings is 1. The van der Waals surface area contributed by atoms with Crippen molar-refractivity contribution in [1.82, 2.24) is 14.9 Å². The lowest BCUT2D eigenvalue weighted by atomic mass is 10.1. The van der Waals surface area contributed by atoms with E-state index in [4.69, 9.17) is 4.98 Å². The first-order valence-corrected chi connectivity index (χ1v) is 7.11. The van der Waals surface area contributed by atoms with Crippen LogP contribution in [0.25, 0.3) is 11.0 Å². The van der Waals surface area contributed by atoms with Gasteiger partial charge in [0.05, 0.1) is 11.0 Å². The molecule has 1 N–H and O–H groups in total. The second-order valence-corrected chi connectivity index (χ2v) is 5.58. The van der Waals surface area contributed by atoms with Crippen molar-refractivity contribution in [2.75, 3.05) is 13.1 Å². The Kier molecular flexibility index (Phi) is 3.50. The lowest BCUT2D eigenvalue weighted by molar-refractivity contribution is 0.367. The normalized spacial score (nSPS) is 20.4. The molecule has 0 radical (unpaired) electrons. The maximum absolute atomic E-state index is 4.89. The fraction of sp³-hybridized carbons (Fsp3) is 0.533. The van der Waals surface area contributed by atoms with Crippen molar-refractivity contribution in [3.63, 3.8) is 0 Å². The quantitative estimate of drug-likeness (QED) is 0.913. The van der Waals surface area contributed by atoms with Gasteiger partial charge in [-0.05, 0) is 50.9 Å². The fourth-order valence-corrected chi connectivity index (χ4v) is 3.14. The largest absolute Gasteiger partial charge is 0.325 e. The maximum atomic E-state index is 4.89. The second-order valence-electron chi connectivity index (χ2n) is 5.58. The average molecular weight is 278 g/mol. The molecule has 1 aromatic heterocycles. The van der Waals surface area contributed by atoms with E-state index in [2.05, 4.69) is 34.1 Å². The summed E-state index contributed by atoms with van der Waals surface area (Å²) in [5.41, 5.74) is 2.52. The number of hydrogen-bond acceptors (Lipinski definition) is 2. The van der Waals surface area contributed by atoms with Gasteiger partial charge in [-0.25, -0.2) is 4.98 Å². The summed E-state index contributed by atoms with van der Waals surface area (Å²) in [5.74, 6) is 2.08. The van der Waals surface area contributed by atoms with Crippen LogP contribution in [-0.2, 0) is 0 Å². The minimum absolute atomic E-state index is 0. The first kappa shape index (κ1) is 12.9. The Morgan fingerprint density at radius 3 is 2.53 bits per heavy atom. The van der Waals surface area contributed by atoms with Crippen molar-refractivity contribution in [2.24, 2.45) is 0 Å². The summed E-state index contributed by atoms with van der Waals surface area (Å²) in [6.45, 7) is 2.28. The fourth-order valence-electron chi connectivity index (χ4n) is 3.14. The lowest BCUT2D eigenvalue weighted by Gasteiger charge is -2.26. The minimum Gasteiger partial charge on any atom is -0.325 e. The first-order valence-electron chi connectivity index (χ1n) is 7.11. The van der Waals surface area contributed by atoms with E-state index in [1.807, 2.05) is 0 Å². The number of nitrogens with one attached hydrogen (secondary N) is 1. The summed E-state index contributed by atoms with van der Waals surface area (Å²) >= 11 is 0. The molecule has 1 saturated heterocycles. The van der Waals surface area contributed by atoms with Crippen LogP contribution >= 0.6 is 12.4 Å². The molecule has 0 amide bonds. The number of para-hydroxylation sites is 2. The molecule has 4 rings (SSSR count). The molecule has 0 atom stereocenters. The Morgan fingerprint density at radius 2 is 1.79 bits per heavy atom. The first-order chi connectivity index (χ1) is 8.93. The van der Waals surface area contributed by atoms with Crippen molar-refractivity contribution in [2.45, 2.75) is 37.6 Å². The number of rotatable bonds is 2. The van der Waals surface area contributed by atoms with Crippen LogP contribution in [0.3, 0.4) is 0 Å². The predicted molar refractivity (Wildman–Crippen MR) is 80.1 cm³/mol. The van der Waals surface area contributed by atoms with Gasteiger partial charge < -0.3 is 9.88 Å². The molecule has 1 saturated carbocycles. The monoisotopic (exact) mass is 277 g/mol. The van der Waals surface area contributed by atoms with Gasteiger partial charge in [0.15, 0.2) is 0 Å². The molecule has 102 valence electrons. The minimum atomic E-state index is 0. The van der Waals surface area contributed by atoms with Crippen molar-refractivity contribution in [3.05, 3.63) is 30.1 Å². The topological polar surface area (TPSA) is 29.9 Å². The van der Waals surface area contributed by atoms with E-state index in [0.29, 0.717) is 6.04 Å². The van der Waals surface area contributed by atoms with Crippen molar-refractivity contribution in [1.29, 1.82) is 0 Å². The molecule has 1 aliphatic carbocycles. The van der Waals surface area contributed by atoms with E-state index >= 15 is 0 Å². The number of piperidine rings is 1. The van der Waals surface area contributed by atoms with E-state index in [0.717, 1.165) is 19.0 Å². The molecule has 0 unspecified atom stereocenters. The molecule has 1 aliphatic heterocycles. The third-order valence-electron chi connectivity index (χ3n) is 4.24. The van der Waals surface area contributed by atoms with Crippen LogP contribution in [-0.4, -0.2) is 22.6 Å². The number of nitrogens with zero attached hydrogens (tertiary/aromatic N) is 2. The van der Waals surface area contributed by atoms with Gasteiger partial charge in [-0.3, -0.25) is 0 Å². The summed E-state index contributed by atoms with van der Waals surface area (Å²) in [6.07, 6.45) is 5.13. The highest BCUT2D eigenvalue weighted by atomic mass is 35.5. The predicted octanol–water partition coefficient (Wildman–Crippen LogP) is 3.26. The molecule has 2 fully saturated rings. The van der Waals surface area contributed by atoms with Crippen LogP contribution in [0.15, 0.2) is 24.3 Å². The smallest absolute Gasteiger partial charge is 0.113 e. The average Bonchev–Trinajstić information content (AvgIpc) is 3.20. The van der Waals surface area contributed by atoms with E-state index < -0.39 is 0 Å². The highest BCUT2D eigenvalue weighted by Gasteiger charge is 2.32. The number of halogens is 1. The summed E-state index contributed by atoms with van der Waals surface area (Å²) < 4.78 is 2.55. The van der Waals surface area contributed by atoms with Crippen LogP contribution in [0.2, 0.25) is 0 Å². The van der Waals surface area contributed by atoms with Crippen molar-refractivity contribution >= 4 is 23.4 Å². The van der Waals surface area contributed by atoms with E-state index in [9.17, 15) is 0 Å². The number of hydrogen-bond donors (Lipinski definition) is 1. The summed E-state index contributed by atoms with van der Waals surface area (Å²) in [5, 5.41) is 3.46. The summed E-state index contributed by atoms with van der Waals surface area (Å²) in [7, 11) is 0. The lowest BCUT2D eigenvalue weighted by Crippen LogP contribution is -2.30. The Morgan fingerprint density at radius 1 is 1.05 bits per heavy atom. The molecule has 2 aromatic rings. The Bertz CT molecular complexity index is 568. The zero-order valence-electron chi connectivity index (χ0n) is 11.0. The molecule has 3 nitrogen and oxygen atoms in total. The van der Waals surface area contributed by atoms with E-state index in [1.54, 1.807) is 0 Å². The number of benzene rings is 1. The molecule has 2 heterocycles. The second kappa shape index (κ2) is 5.14. The van der Waals surface area contributed by atoms with Gasteiger partial charge in [-0.15, -0.1) is 12.4 Å². The van der Waals surface area contributed by atoms with E-state index in [1.165, 1.54) is 42.5 Å². The Hall–Kier alpha value is -1.06. The standard InChI is InChI=1S/C15H19N3.ClH/c1-2-4-14-13(3-1)17-15(11-5-6-11)18(14)12-7-9-16-10-8-12;/h1-4,11-12,16H,5-10H2;1H. The summed E-state index contributed by atoms with van der Waals surface area (Å²) in [4.78, 5) is 4.89. The Labute approximate surface area is 119 Å². The van der Waals surface area contributed by atoms with Gasteiger partial charge in [0.25, 0.3) is 0 Å². The van der Waals surface area contributed by atoms with Crippen LogP contribution in [0.4, 0.5) is 0 Å². The van der Waals surface area contributed by atoms with Crippen LogP contribution in [0.1, 0.15) is 43.5 Å². The van der Waals surface area contributed by atoms with E-state index in [-0.39, 0.29) is 12.4 Å². The molecule has 0 bridgehead atoms. The third kappa shape index (κ3) is 2.26.